The lowest BCUT2D eigenvalue weighted by Gasteiger charge is -2.36. The Bertz CT molecular complexity index is 1060. The average Bonchev–Trinajstić information content (AvgIpc) is 2.87. The van der Waals surface area contributed by atoms with E-state index >= 15 is 0 Å². The summed E-state index contributed by atoms with van der Waals surface area (Å²) in [4.78, 5) is 28.6. The van der Waals surface area contributed by atoms with Gasteiger partial charge in [0, 0.05) is 11.5 Å². The number of piperidine rings is 1. The second-order valence-corrected chi connectivity index (χ2v) is 8.27. The van der Waals surface area contributed by atoms with Gasteiger partial charge in [-0.15, -0.1) is 0 Å². The number of Topliss-reactive ketones (excluding diaryl/α,β-unsaturated/α-hetero) is 1. The van der Waals surface area contributed by atoms with Crippen molar-refractivity contribution in [3.05, 3.63) is 96.1 Å². The monoisotopic (exact) mass is 442 g/mol. The molecule has 0 bridgehead atoms. The minimum Gasteiger partial charge on any atom is -0.492 e. The van der Waals surface area contributed by atoms with E-state index in [4.69, 9.17) is 4.74 Å². The zero-order valence-electron chi connectivity index (χ0n) is 18.9. The number of ether oxygens (including phenoxy) is 1. The molecule has 0 radical (unpaired) electrons. The Morgan fingerprint density at radius 3 is 2.18 bits per heavy atom. The molecule has 5 nitrogen and oxygen atoms in total. The highest BCUT2D eigenvalue weighted by Gasteiger charge is 2.33. The molecule has 1 aliphatic heterocycles. The molecule has 3 aromatic carbocycles. The van der Waals surface area contributed by atoms with Crippen LogP contribution < -0.4 is 10.1 Å². The second kappa shape index (κ2) is 10.9. The van der Waals surface area contributed by atoms with Gasteiger partial charge in [0.25, 0.3) is 0 Å². The summed E-state index contributed by atoms with van der Waals surface area (Å²) in [5, 5.41) is 3.08. The smallest absolute Gasteiger partial charge is 0.246 e. The minimum absolute atomic E-state index is 0.0122. The number of hydrogen-bond acceptors (Lipinski definition) is 4. The van der Waals surface area contributed by atoms with Crippen LogP contribution in [0.3, 0.4) is 0 Å². The third kappa shape index (κ3) is 5.49. The summed E-state index contributed by atoms with van der Waals surface area (Å²) in [5.74, 6) is 0.747. The maximum Gasteiger partial charge on any atom is 0.246 e. The molecular weight excluding hydrogens is 412 g/mol. The first kappa shape index (κ1) is 22.7. The van der Waals surface area contributed by atoms with Crippen molar-refractivity contribution in [1.82, 2.24) is 4.90 Å². The molecular formula is C28H30N2O3. The van der Waals surface area contributed by atoms with Crippen LogP contribution in [-0.4, -0.2) is 36.3 Å². The number of nitrogens with zero attached hydrogens (tertiary/aromatic N) is 1. The molecule has 0 aliphatic carbocycles. The molecule has 0 saturated carbocycles. The van der Waals surface area contributed by atoms with Gasteiger partial charge in [-0.3, -0.25) is 14.5 Å². The molecule has 4 rings (SSSR count). The van der Waals surface area contributed by atoms with Crippen LogP contribution in [0.15, 0.2) is 84.9 Å². The van der Waals surface area contributed by atoms with Crippen molar-refractivity contribution in [2.24, 2.45) is 5.92 Å². The molecule has 5 heteroatoms. The van der Waals surface area contributed by atoms with Crippen LogP contribution in [0.4, 0.5) is 5.69 Å². The number of anilines is 1. The van der Waals surface area contributed by atoms with Gasteiger partial charge < -0.3 is 10.1 Å². The van der Waals surface area contributed by atoms with Gasteiger partial charge in [0.2, 0.25) is 5.91 Å². The molecule has 1 N–H and O–H groups in total. The maximum atomic E-state index is 13.5. The summed E-state index contributed by atoms with van der Waals surface area (Å²) in [6, 6.07) is 26.4. The number of amides is 1. The summed E-state index contributed by atoms with van der Waals surface area (Å²) in [6.07, 6.45) is 1.47. The lowest BCUT2D eigenvalue weighted by molar-refractivity contribution is -0.122. The first-order valence-corrected chi connectivity index (χ1v) is 11.6. The van der Waals surface area contributed by atoms with Crippen LogP contribution in [0.5, 0.6) is 5.75 Å². The second-order valence-electron chi connectivity index (χ2n) is 8.27. The topological polar surface area (TPSA) is 58.6 Å². The van der Waals surface area contributed by atoms with Gasteiger partial charge in [-0.25, -0.2) is 0 Å². The number of hydrogen-bond donors (Lipinski definition) is 1. The molecule has 0 aromatic heterocycles. The van der Waals surface area contributed by atoms with Crippen LogP contribution in [0.1, 0.15) is 41.7 Å². The van der Waals surface area contributed by atoms with Crippen molar-refractivity contribution in [2.45, 2.75) is 25.8 Å². The molecule has 33 heavy (non-hydrogen) atoms. The molecule has 1 heterocycles. The Hall–Kier alpha value is -3.44. The normalized spacial score (nSPS) is 15.5. The summed E-state index contributed by atoms with van der Waals surface area (Å²) in [6.45, 7) is 3.82. The molecule has 1 saturated heterocycles. The Balaban J connectivity index is 1.50. The third-order valence-electron chi connectivity index (χ3n) is 6.13. The molecule has 3 aromatic rings. The summed E-state index contributed by atoms with van der Waals surface area (Å²) in [5.41, 5.74) is 2.37. The summed E-state index contributed by atoms with van der Waals surface area (Å²) in [7, 11) is 0. The van der Waals surface area contributed by atoms with Crippen molar-refractivity contribution in [3.8, 4) is 5.75 Å². The van der Waals surface area contributed by atoms with Crippen molar-refractivity contribution >= 4 is 17.4 Å². The van der Waals surface area contributed by atoms with Crippen molar-refractivity contribution in [1.29, 1.82) is 0 Å². The number of para-hydroxylation sites is 2. The van der Waals surface area contributed by atoms with E-state index in [-0.39, 0.29) is 17.6 Å². The number of benzene rings is 3. The first-order valence-electron chi connectivity index (χ1n) is 11.6. The van der Waals surface area contributed by atoms with Gasteiger partial charge in [-0.2, -0.15) is 0 Å². The fourth-order valence-electron chi connectivity index (χ4n) is 4.47. The average molecular weight is 443 g/mol. The Kier molecular flexibility index (Phi) is 7.53. The molecule has 170 valence electrons. The maximum absolute atomic E-state index is 13.5. The number of ketones is 1. The van der Waals surface area contributed by atoms with Crippen molar-refractivity contribution in [2.75, 3.05) is 25.0 Å². The molecule has 1 unspecified atom stereocenters. The molecule has 1 fully saturated rings. The highest BCUT2D eigenvalue weighted by molar-refractivity contribution is 5.98. The predicted octanol–water partition coefficient (Wildman–Crippen LogP) is 5.36. The van der Waals surface area contributed by atoms with Crippen LogP contribution in [0.2, 0.25) is 0 Å². The van der Waals surface area contributed by atoms with E-state index in [1.165, 1.54) is 0 Å². The number of nitrogens with one attached hydrogen (secondary N) is 1. The van der Waals surface area contributed by atoms with E-state index in [1.54, 1.807) is 0 Å². The van der Waals surface area contributed by atoms with E-state index < -0.39 is 6.04 Å². The van der Waals surface area contributed by atoms with Crippen molar-refractivity contribution < 1.29 is 14.3 Å². The van der Waals surface area contributed by atoms with E-state index in [0.717, 1.165) is 24.0 Å². The Morgan fingerprint density at radius 2 is 1.52 bits per heavy atom. The standard InChI is InChI=1S/C28H30N2O3/c1-2-33-25-16-10-9-15-24(25)29-28(32)26(21-11-5-3-6-12-21)30-19-17-23(18-20-30)27(31)22-13-7-4-8-14-22/h3-16,23,26H,2,17-20H2,1H3,(H,29,32). The highest BCUT2D eigenvalue weighted by Crippen LogP contribution is 2.31. The molecule has 0 spiro atoms. The third-order valence-corrected chi connectivity index (χ3v) is 6.13. The lowest BCUT2D eigenvalue weighted by Crippen LogP contribution is -2.43. The zero-order chi connectivity index (χ0) is 23.0. The van der Waals surface area contributed by atoms with Crippen LogP contribution in [-0.2, 0) is 4.79 Å². The van der Waals surface area contributed by atoms with Crippen LogP contribution in [0.25, 0.3) is 0 Å². The number of rotatable bonds is 8. The molecule has 1 aliphatic rings. The lowest BCUT2D eigenvalue weighted by atomic mass is 9.87. The predicted molar refractivity (Wildman–Crippen MR) is 130 cm³/mol. The van der Waals surface area contributed by atoms with E-state index in [0.29, 0.717) is 31.1 Å². The van der Waals surface area contributed by atoms with E-state index in [9.17, 15) is 9.59 Å². The van der Waals surface area contributed by atoms with E-state index in [2.05, 4.69) is 10.2 Å². The summed E-state index contributed by atoms with van der Waals surface area (Å²) < 4.78 is 5.69. The van der Waals surface area contributed by atoms with Crippen LogP contribution in [0, 0.1) is 5.92 Å². The van der Waals surface area contributed by atoms with Crippen molar-refractivity contribution in [3.63, 3.8) is 0 Å². The number of likely N-dealkylation sites (tertiary alicyclic amines) is 1. The minimum atomic E-state index is -0.436. The SMILES string of the molecule is CCOc1ccccc1NC(=O)C(c1ccccc1)N1CCC(C(=O)c2ccccc2)CC1. The Labute approximate surface area is 195 Å². The first-order chi connectivity index (χ1) is 16.2. The largest absolute Gasteiger partial charge is 0.492 e. The van der Waals surface area contributed by atoms with E-state index in [1.807, 2.05) is 91.9 Å². The molecule has 1 atom stereocenters. The molecule has 1 amide bonds. The number of carbonyl (C=O) groups is 2. The quantitative estimate of drug-likeness (QED) is 0.477. The Morgan fingerprint density at radius 1 is 0.909 bits per heavy atom. The fourth-order valence-corrected chi connectivity index (χ4v) is 4.47. The van der Waals surface area contributed by atoms with Gasteiger partial charge in [0.05, 0.1) is 12.3 Å². The van der Waals surface area contributed by atoms with Crippen LogP contribution >= 0.6 is 0 Å². The number of carbonyl (C=O) groups excluding carboxylic acids is 2. The fraction of sp³-hybridized carbons (Fsp3) is 0.286. The summed E-state index contributed by atoms with van der Waals surface area (Å²) >= 11 is 0. The van der Waals surface area contributed by atoms with Gasteiger partial charge in [-0.05, 0) is 50.6 Å². The van der Waals surface area contributed by atoms with Gasteiger partial charge in [0.1, 0.15) is 11.8 Å². The zero-order valence-corrected chi connectivity index (χ0v) is 18.9. The van der Waals surface area contributed by atoms with Gasteiger partial charge in [0.15, 0.2) is 5.78 Å². The van der Waals surface area contributed by atoms with Gasteiger partial charge >= 0.3 is 0 Å². The van der Waals surface area contributed by atoms with Gasteiger partial charge in [-0.1, -0.05) is 72.8 Å². The highest BCUT2D eigenvalue weighted by atomic mass is 16.5.